The summed E-state index contributed by atoms with van der Waals surface area (Å²) in [4.78, 5) is 16.1. The van der Waals surface area contributed by atoms with E-state index in [1.165, 1.54) is 5.56 Å². The molecule has 0 aliphatic carbocycles. The molecule has 6 heteroatoms. The van der Waals surface area contributed by atoms with Crippen molar-refractivity contribution in [2.24, 2.45) is 4.99 Å². The lowest BCUT2D eigenvalue weighted by Gasteiger charge is -2.15. The summed E-state index contributed by atoms with van der Waals surface area (Å²) in [5.41, 5.74) is 2.25. The van der Waals surface area contributed by atoms with Gasteiger partial charge < -0.3 is 20.7 Å². The van der Waals surface area contributed by atoms with Crippen LogP contribution in [0.1, 0.15) is 30.6 Å². The highest BCUT2D eigenvalue weighted by Gasteiger charge is 2.05. The van der Waals surface area contributed by atoms with Gasteiger partial charge in [-0.15, -0.1) is 0 Å². The highest BCUT2D eigenvalue weighted by molar-refractivity contribution is 5.86. The molecule has 0 aromatic heterocycles. The number of amides is 1. The first-order valence-corrected chi connectivity index (χ1v) is 9.60. The second-order valence-corrected chi connectivity index (χ2v) is 6.39. The van der Waals surface area contributed by atoms with Gasteiger partial charge in [-0.05, 0) is 24.5 Å². The molecule has 0 spiro atoms. The van der Waals surface area contributed by atoms with Crippen LogP contribution in [0.5, 0.6) is 0 Å². The van der Waals surface area contributed by atoms with E-state index in [9.17, 15) is 4.79 Å². The maximum Gasteiger partial charge on any atom is 0.239 e. The normalized spacial score (nSPS) is 12.3. The van der Waals surface area contributed by atoms with Crippen molar-refractivity contribution in [3.05, 3.63) is 71.8 Å². The number of nitrogens with zero attached hydrogens (tertiary/aromatic N) is 1. The van der Waals surface area contributed by atoms with Crippen molar-refractivity contribution in [3.63, 3.8) is 0 Å². The number of guanidine groups is 1. The van der Waals surface area contributed by atoms with Crippen LogP contribution in [-0.2, 0) is 16.1 Å². The van der Waals surface area contributed by atoms with Gasteiger partial charge in [-0.1, -0.05) is 60.7 Å². The first-order valence-electron chi connectivity index (χ1n) is 9.60. The molecule has 3 N–H and O–H groups in total. The van der Waals surface area contributed by atoms with Crippen LogP contribution in [0.2, 0.25) is 0 Å². The molecule has 0 saturated carbocycles. The first-order chi connectivity index (χ1) is 13.7. The van der Waals surface area contributed by atoms with E-state index in [4.69, 9.17) is 4.74 Å². The Bertz CT molecular complexity index is 720. The van der Waals surface area contributed by atoms with E-state index in [1.54, 1.807) is 7.05 Å². The summed E-state index contributed by atoms with van der Waals surface area (Å²) in [6.45, 7) is 4.11. The molecule has 1 atom stereocenters. The van der Waals surface area contributed by atoms with Gasteiger partial charge >= 0.3 is 0 Å². The van der Waals surface area contributed by atoms with Crippen molar-refractivity contribution in [2.45, 2.75) is 26.0 Å². The van der Waals surface area contributed by atoms with Crippen LogP contribution in [0.15, 0.2) is 65.7 Å². The van der Waals surface area contributed by atoms with Crippen molar-refractivity contribution in [3.8, 4) is 0 Å². The number of hydrogen-bond acceptors (Lipinski definition) is 3. The maximum absolute atomic E-state index is 11.9. The van der Waals surface area contributed by atoms with E-state index in [0.717, 1.165) is 12.0 Å². The molecule has 28 heavy (non-hydrogen) atoms. The molecule has 0 saturated heterocycles. The maximum atomic E-state index is 11.9. The Morgan fingerprint density at radius 2 is 1.68 bits per heavy atom. The van der Waals surface area contributed by atoms with E-state index in [1.807, 2.05) is 48.5 Å². The lowest BCUT2D eigenvalue weighted by Crippen LogP contribution is -2.43. The third kappa shape index (κ3) is 8.22. The Morgan fingerprint density at radius 1 is 1.00 bits per heavy atom. The lowest BCUT2D eigenvalue weighted by molar-refractivity contribution is -0.120. The Morgan fingerprint density at radius 3 is 2.36 bits per heavy atom. The van der Waals surface area contributed by atoms with E-state index in [2.05, 4.69) is 40.0 Å². The largest absolute Gasteiger partial charge is 0.374 e. The van der Waals surface area contributed by atoms with Crippen LogP contribution in [0, 0.1) is 0 Å². The summed E-state index contributed by atoms with van der Waals surface area (Å²) in [5.74, 6) is 0.526. The fourth-order valence-electron chi connectivity index (χ4n) is 2.60. The average Bonchev–Trinajstić information content (AvgIpc) is 2.75. The summed E-state index contributed by atoms with van der Waals surface area (Å²) in [6.07, 6.45) is 0.921. The minimum Gasteiger partial charge on any atom is -0.374 e. The van der Waals surface area contributed by atoms with Crippen molar-refractivity contribution in [2.75, 3.05) is 26.7 Å². The molecule has 1 unspecified atom stereocenters. The molecule has 2 aromatic rings. The standard InChI is InChI=1S/C22H30N4O2/c1-18(20-12-7-4-8-13-20)28-15-9-14-24-22(23-2)26-17-21(27)25-16-19-10-5-3-6-11-19/h3-8,10-13,18H,9,14-17H2,1-2H3,(H,25,27)(H2,23,24,26). The molecule has 2 rings (SSSR count). The number of ether oxygens (including phenoxy) is 1. The average molecular weight is 383 g/mol. The van der Waals surface area contributed by atoms with Crippen LogP contribution in [0.4, 0.5) is 0 Å². The predicted octanol–water partition coefficient (Wildman–Crippen LogP) is 2.64. The van der Waals surface area contributed by atoms with Gasteiger partial charge in [-0.3, -0.25) is 9.79 Å². The second kappa shape index (κ2) is 12.5. The zero-order valence-corrected chi connectivity index (χ0v) is 16.7. The third-order valence-electron chi connectivity index (χ3n) is 4.22. The highest BCUT2D eigenvalue weighted by atomic mass is 16.5. The van der Waals surface area contributed by atoms with Gasteiger partial charge in [0, 0.05) is 26.7 Å². The summed E-state index contributed by atoms with van der Waals surface area (Å²) in [5, 5.41) is 9.09. The molecule has 0 bridgehead atoms. The number of nitrogens with one attached hydrogen (secondary N) is 3. The van der Waals surface area contributed by atoms with Crippen molar-refractivity contribution >= 4 is 11.9 Å². The molecule has 0 radical (unpaired) electrons. The summed E-state index contributed by atoms with van der Waals surface area (Å²) in [7, 11) is 1.69. The van der Waals surface area contributed by atoms with E-state index in [-0.39, 0.29) is 18.6 Å². The van der Waals surface area contributed by atoms with Gasteiger partial charge in [0.05, 0.1) is 12.6 Å². The highest BCUT2D eigenvalue weighted by Crippen LogP contribution is 2.15. The molecular formula is C22H30N4O2. The number of benzene rings is 2. The van der Waals surface area contributed by atoms with E-state index in [0.29, 0.717) is 25.7 Å². The molecule has 0 aliphatic rings. The zero-order valence-electron chi connectivity index (χ0n) is 16.7. The zero-order chi connectivity index (χ0) is 20.0. The minimum absolute atomic E-state index is 0.0759. The Balaban J connectivity index is 1.56. The molecule has 0 fully saturated rings. The SMILES string of the molecule is CN=C(NCCCOC(C)c1ccccc1)NCC(=O)NCc1ccccc1. The van der Waals surface area contributed by atoms with Crippen molar-refractivity contribution in [1.82, 2.24) is 16.0 Å². The van der Waals surface area contributed by atoms with Crippen molar-refractivity contribution in [1.29, 1.82) is 0 Å². The summed E-state index contributed by atoms with van der Waals surface area (Å²) >= 11 is 0. The Hall–Kier alpha value is -2.86. The smallest absolute Gasteiger partial charge is 0.239 e. The van der Waals surface area contributed by atoms with Gasteiger partial charge in [0.25, 0.3) is 0 Å². The monoisotopic (exact) mass is 382 g/mol. The third-order valence-corrected chi connectivity index (χ3v) is 4.22. The predicted molar refractivity (Wildman–Crippen MR) is 113 cm³/mol. The fraction of sp³-hybridized carbons (Fsp3) is 0.364. The van der Waals surface area contributed by atoms with E-state index < -0.39 is 0 Å². The number of aliphatic imine (C=N–C) groups is 1. The van der Waals surface area contributed by atoms with Gasteiger partial charge in [0.15, 0.2) is 5.96 Å². The van der Waals surface area contributed by atoms with Crippen LogP contribution >= 0.6 is 0 Å². The summed E-state index contributed by atoms with van der Waals surface area (Å²) in [6, 6.07) is 20.0. The Kier molecular flexibility index (Phi) is 9.58. The topological polar surface area (TPSA) is 74.8 Å². The van der Waals surface area contributed by atoms with Crippen LogP contribution in [0.3, 0.4) is 0 Å². The molecule has 2 aromatic carbocycles. The first kappa shape index (κ1) is 21.4. The van der Waals surface area contributed by atoms with Gasteiger partial charge in [-0.25, -0.2) is 0 Å². The van der Waals surface area contributed by atoms with Crippen LogP contribution in [-0.4, -0.2) is 38.6 Å². The van der Waals surface area contributed by atoms with E-state index >= 15 is 0 Å². The van der Waals surface area contributed by atoms with Gasteiger partial charge in [0.1, 0.15) is 0 Å². The van der Waals surface area contributed by atoms with Crippen LogP contribution in [0.25, 0.3) is 0 Å². The second-order valence-electron chi connectivity index (χ2n) is 6.39. The number of hydrogen-bond donors (Lipinski definition) is 3. The quantitative estimate of drug-likeness (QED) is 0.335. The molecule has 6 nitrogen and oxygen atoms in total. The number of carbonyl (C=O) groups excluding carboxylic acids is 1. The number of rotatable bonds is 10. The van der Waals surface area contributed by atoms with Crippen LogP contribution < -0.4 is 16.0 Å². The lowest BCUT2D eigenvalue weighted by atomic mass is 10.1. The van der Waals surface area contributed by atoms with Gasteiger partial charge in [-0.2, -0.15) is 0 Å². The molecule has 0 aliphatic heterocycles. The molecule has 1 amide bonds. The number of carbonyl (C=O) groups is 1. The molecule has 0 heterocycles. The molecule has 150 valence electrons. The van der Waals surface area contributed by atoms with Crippen molar-refractivity contribution < 1.29 is 9.53 Å². The molecular weight excluding hydrogens is 352 g/mol. The summed E-state index contributed by atoms with van der Waals surface area (Å²) < 4.78 is 5.85. The van der Waals surface area contributed by atoms with Gasteiger partial charge in [0.2, 0.25) is 5.91 Å². The fourth-order valence-corrected chi connectivity index (χ4v) is 2.60. The Labute approximate surface area is 167 Å². The minimum atomic E-state index is -0.0770.